The first-order chi connectivity index (χ1) is 16.4. The fourth-order valence-electron chi connectivity index (χ4n) is 4.30. The van der Waals surface area contributed by atoms with E-state index in [9.17, 15) is 14.7 Å². The molecule has 34 heavy (non-hydrogen) atoms. The number of hydrogen-bond donors (Lipinski definition) is 2. The average Bonchev–Trinajstić information content (AvgIpc) is 2.86. The molecule has 0 bridgehead atoms. The Bertz CT molecular complexity index is 1200. The Labute approximate surface area is 198 Å². The lowest BCUT2D eigenvalue weighted by atomic mass is 9.92. The molecule has 2 aromatic carbocycles. The number of carboxylic acid groups (broad SMARTS) is 1. The Morgan fingerprint density at radius 1 is 1.18 bits per heavy atom. The molecule has 8 heteroatoms. The van der Waals surface area contributed by atoms with Crippen LogP contribution in [0.2, 0.25) is 0 Å². The number of fused-ring (bicyclic) bond motifs is 1. The van der Waals surface area contributed by atoms with Crippen LogP contribution >= 0.6 is 0 Å². The van der Waals surface area contributed by atoms with E-state index in [0.29, 0.717) is 30.8 Å². The largest absolute Gasteiger partial charge is 0.465 e. The van der Waals surface area contributed by atoms with Gasteiger partial charge in [-0.2, -0.15) is 0 Å². The van der Waals surface area contributed by atoms with Crippen molar-refractivity contribution >= 4 is 29.1 Å². The van der Waals surface area contributed by atoms with E-state index in [4.69, 9.17) is 4.74 Å². The number of hydrogen-bond acceptors (Lipinski definition) is 6. The van der Waals surface area contributed by atoms with Crippen LogP contribution in [-0.2, 0) is 11.2 Å². The summed E-state index contributed by atoms with van der Waals surface area (Å²) in [6, 6.07) is 15.6. The Balaban J connectivity index is 1.61. The third-order valence-corrected chi connectivity index (χ3v) is 6.25. The number of benzene rings is 2. The van der Waals surface area contributed by atoms with Gasteiger partial charge in [-0.3, -0.25) is 9.88 Å². The predicted molar refractivity (Wildman–Crippen MR) is 131 cm³/mol. The number of ether oxygens (including phenoxy) is 1. The van der Waals surface area contributed by atoms with Gasteiger partial charge in [0.05, 0.1) is 30.6 Å². The molecule has 4 rings (SSSR count). The molecule has 0 aliphatic carbocycles. The Morgan fingerprint density at radius 2 is 1.91 bits per heavy atom. The van der Waals surface area contributed by atoms with Crippen LogP contribution in [0.4, 0.5) is 21.9 Å². The normalized spacial score (nSPS) is 14.8. The molecular weight excluding hydrogens is 432 g/mol. The summed E-state index contributed by atoms with van der Waals surface area (Å²) in [5.74, 6) is -0.479. The topological polar surface area (TPSA) is 95.0 Å². The summed E-state index contributed by atoms with van der Waals surface area (Å²) >= 11 is 0. The summed E-state index contributed by atoms with van der Waals surface area (Å²) in [6.07, 6.45) is 2.72. The number of nitrogens with one attached hydrogen (secondary N) is 1. The zero-order valence-corrected chi connectivity index (χ0v) is 19.5. The number of pyridine rings is 1. The Hall–Kier alpha value is -4.07. The van der Waals surface area contributed by atoms with Gasteiger partial charge in [-0.1, -0.05) is 23.8 Å². The molecule has 0 saturated carbocycles. The van der Waals surface area contributed by atoms with Gasteiger partial charge in [0.1, 0.15) is 0 Å². The van der Waals surface area contributed by atoms with Crippen LogP contribution in [0.25, 0.3) is 0 Å². The molecule has 0 fully saturated rings. The first kappa shape index (κ1) is 23.1. The number of anilines is 3. The molecule has 2 N–H and O–H groups in total. The molecule has 1 atom stereocenters. The Morgan fingerprint density at radius 3 is 2.62 bits per heavy atom. The summed E-state index contributed by atoms with van der Waals surface area (Å²) in [5, 5.41) is 13.0. The number of methoxy groups -OCH3 is 1. The highest BCUT2D eigenvalue weighted by Crippen LogP contribution is 2.34. The Kier molecular flexibility index (Phi) is 6.67. The lowest BCUT2D eigenvalue weighted by Crippen LogP contribution is -2.42. The maximum absolute atomic E-state index is 12.1. The standard InChI is InChI=1S/C26H28N4O4/c1-17-4-6-19(7-5-17)29(2)20-8-9-21-18(14-20)11-13-30(26(32)33)24(21)16-28-23-15-27-12-10-22(23)25(31)34-3/h4-10,12,14-15,24,28H,11,13,16H2,1-3H3,(H,32,33). The maximum Gasteiger partial charge on any atom is 0.407 e. The lowest BCUT2D eigenvalue weighted by molar-refractivity contribution is 0.0601. The maximum atomic E-state index is 12.1. The SMILES string of the molecule is COC(=O)c1ccncc1NCC1c2ccc(N(C)c3ccc(C)cc3)cc2CCN1C(=O)O. The highest BCUT2D eigenvalue weighted by Gasteiger charge is 2.31. The third-order valence-electron chi connectivity index (χ3n) is 6.25. The van der Waals surface area contributed by atoms with E-state index in [2.05, 4.69) is 52.5 Å². The second-order valence-corrected chi connectivity index (χ2v) is 8.31. The molecule has 1 amide bonds. The van der Waals surface area contributed by atoms with Gasteiger partial charge >= 0.3 is 12.1 Å². The van der Waals surface area contributed by atoms with Crippen molar-refractivity contribution in [2.24, 2.45) is 0 Å². The van der Waals surface area contributed by atoms with Gasteiger partial charge in [0.25, 0.3) is 0 Å². The van der Waals surface area contributed by atoms with Crippen molar-refractivity contribution in [3.05, 3.63) is 83.2 Å². The van der Waals surface area contributed by atoms with Gasteiger partial charge in [0, 0.05) is 37.7 Å². The van der Waals surface area contributed by atoms with E-state index in [-0.39, 0.29) is 0 Å². The summed E-state index contributed by atoms with van der Waals surface area (Å²) in [5.41, 5.74) is 6.24. The first-order valence-corrected chi connectivity index (χ1v) is 11.1. The molecule has 0 radical (unpaired) electrons. The third kappa shape index (κ3) is 4.66. The van der Waals surface area contributed by atoms with Gasteiger partial charge < -0.3 is 20.1 Å². The molecule has 3 aromatic rings. The number of rotatable bonds is 6. The van der Waals surface area contributed by atoms with Crippen LogP contribution in [0.15, 0.2) is 60.9 Å². The van der Waals surface area contributed by atoms with Crippen molar-refractivity contribution in [1.29, 1.82) is 0 Å². The summed E-state index contributed by atoms with van der Waals surface area (Å²) in [6.45, 7) is 2.75. The smallest absolute Gasteiger partial charge is 0.407 e. The fourth-order valence-corrected chi connectivity index (χ4v) is 4.30. The van der Waals surface area contributed by atoms with Crippen LogP contribution in [-0.4, -0.2) is 54.3 Å². The zero-order valence-electron chi connectivity index (χ0n) is 19.5. The van der Waals surface area contributed by atoms with Gasteiger partial charge in [-0.25, -0.2) is 9.59 Å². The molecular formula is C26H28N4O4. The van der Waals surface area contributed by atoms with Crippen molar-refractivity contribution in [1.82, 2.24) is 9.88 Å². The van der Waals surface area contributed by atoms with Gasteiger partial charge in [0.2, 0.25) is 0 Å². The van der Waals surface area contributed by atoms with Crippen molar-refractivity contribution in [3.8, 4) is 0 Å². The molecule has 176 valence electrons. The van der Waals surface area contributed by atoms with E-state index in [1.165, 1.54) is 23.8 Å². The molecule has 0 spiro atoms. The molecule has 0 saturated heterocycles. The minimum Gasteiger partial charge on any atom is -0.465 e. The number of nitrogens with zero attached hydrogens (tertiary/aromatic N) is 3. The van der Waals surface area contributed by atoms with Crippen molar-refractivity contribution < 1.29 is 19.4 Å². The van der Waals surface area contributed by atoms with Crippen molar-refractivity contribution in [2.45, 2.75) is 19.4 Å². The van der Waals surface area contributed by atoms with E-state index in [0.717, 1.165) is 22.5 Å². The molecule has 1 aliphatic rings. The first-order valence-electron chi connectivity index (χ1n) is 11.1. The van der Waals surface area contributed by atoms with E-state index in [1.54, 1.807) is 12.3 Å². The number of carbonyl (C=O) groups is 2. The second-order valence-electron chi connectivity index (χ2n) is 8.31. The van der Waals surface area contributed by atoms with E-state index in [1.807, 2.05) is 19.2 Å². The number of carbonyl (C=O) groups excluding carboxylic acids is 1. The second kappa shape index (κ2) is 9.82. The number of aromatic nitrogens is 1. The summed E-state index contributed by atoms with van der Waals surface area (Å²) in [4.78, 5) is 31.7. The molecule has 1 aliphatic heterocycles. The monoisotopic (exact) mass is 460 g/mol. The molecule has 1 unspecified atom stereocenters. The van der Waals surface area contributed by atoms with Gasteiger partial charge in [-0.05, 0) is 54.8 Å². The minimum absolute atomic E-state index is 0.294. The fraction of sp³-hybridized carbons (Fsp3) is 0.269. The van der Waals surface area contributed by atoms with E-state index < -0.39 is 18.1 Å². The van der Waals surface area contributed by atoms with Crippen molar-refractivity contribution in [3.63, 3.8) is 0 Å². The number of esters is 1. The van der Waals surface area contributed by atoms with Crippen LogP contribution in [0.3, 0.4) is 0 Å². The number of amides is 1. The highest BCUT2D eigenvalue weighted by molar-refractivity contribution is 5.95. The molecule has 2 heterocycles. The summed E-state index contributed by atoms with van der Waals surface area (Å²) < 4.78 is 4.85. The van der Waals surface area contributed by atoms with Gasteiger partial charge in [0.15, 0.2) is 0 Å². The quantitative estimate of drug-likeness (QED) is 0.518. The van der Waals surface area contributed by atoms with E-state index >= 15 is 0 Å². The predicted octanol–water partition coefficient (Wildman–Crippen LogP) is 4.63. The van der Waals surface area contributed by atoms with Crippen LogP contribution in [0.1, 0.15) is 33.1 Å². The van der Waals surface area contributed by atoms with Crippen LogP contribution < -0.4 is 10.2 Å². The zero-order chi connectivity index (χ0) is 24.2. The van der Waals surface area contributed by atoms with Gasteiger partial charge in [-0.15, -0.1) is 0 Å². The average molecular weight is 461 g/mol. The minimum atomic E-state index is -0.974. The van der Waals surface area contributed by atoms with Crippen molar-refractivity contribution in [2.75, 3.05) is 37.5 Å². The highest BCUT2D eigenvalue weighted by atomic mass is 16.5. The number of aryl methyl sites for hydroxylation is 1. The summed E-state index contributed by atoms with van der Waals surface area (Å²) in [7, 11) is 3.34. The van der Waals surface area contributed by atoms with Crippen LogP contribution in [0.5, 0.6) is 0 Å². The lowest BCUT2D eigenvalue weighted by Gasteiger charge is -2.36. The molecule has 8 nitrogen and oxygen atoms in total. The van der Waals surface area contributed by atoms with Crippen LogP contribution in [0, 0.1) is 6.92 Å². The molecule has 1 aromatic heterocycles.